The number of carboxylic acid groups (broad SMARTS) is 1. The van der Waals surface area contributed by atoms with Gasteiger partial charge in [0.15, 0.2) is 0 Å². The van der Waals surface area contributed by atoms with Crippen LogP contribution >= 0.6 is 0 Å². The number of rotatable bonds is 17. The predicted octanol–water partition coefficient (Wildman–Crippen LogP) is -1.14. The summed E-state index contributed by atoms with van der Waals surface area (Å²) in [6, 6.07) is 0. The zero-order valence-corrected chi connectivity index (χ0v) is 22.6. The zero-order valence-electron chi connectivity index (χ0n) is 20.2. The Morgan fingerprint density at radius 1 is 1.00 bits per heavy atom. The molecule has 0 aliphatic rings. The van der Waals surface area contributed by atoms with Crippen molar-refractivity contribution in [2.24, 2.45) is 0 Å². The number of esters is 1. The maximum atomic E-state index is 11.4. The molecule has 0 aromatic heterocycles. The van der Waals surface area contributed by atoms with E-state index in [1.54, 1.807) is 17.4 Å². The average molecular weight is 521 g/mol. The summed E-state index contributed by atoms with van der Waals surface area (Å²) in [7, 11) is 5.14. The molecule has 0 atom stereocenters. The van der Waals surface area contributed by atoms with Crippen LogP contribution in [0.2, 0.25) is 5.48 Å². The Bertz CT molecular complexity index is 541. The van der Waals surface area contributed by atoms with Gasteiger partial charge in [-0.3, -0.25) is 19.4 Å². The number of likely N-dealkylation sites (N-methyl/N-ethyl adjacent to an activating group) is 3. The molecule has 0 bridgehead atoms. The second-order valence-corrected chi connectivity index (χ2v) is 10.4. The molecule has 0 spiro atoms. The van der Waals surface area contributed by atoms with Crippen LogP contribution < -0.4 is 5.32 Å². The Kier molecular flexibility index (Phi) is 21.6. The van der Waals surface area contributed by atoms with Crippen LogP contribution in [0.25, 0.3) is 0 Å². The fourth-order valence-electron chi connectivity index (χ4n) is 2.17. The first-order valence-electron chi connectivity index (χ1n) is 10.5. The van der Waals surface area contributed by atoms with E-state index in [-0.39, 0.29) is 31.6 Å². The number of hydrogen-bond donors (Lipinski definition) is 2. The molecule has 0 saturated carbocycles. The summed E-state index contributed by atoms with van der Waals surface area (Å²) in [5.41, 5.74) is 1.66. The Morgan fingerprint density at radius 3 is 2.06 bits per heavy atom. The van der Waals surface area contributed by atoms with Gasteiger partial charge < -0.3 is 14.7 Å². The van der Waals surface area contributed by atoms with Crippen LogP contribution in [-0.4, -0.2) is 141 Å². The van der Waals surface area contributed by atoms with E-state index < -0.39 is 22.9 Å². The van der Waals surface area contributed by atoms with Crippen LogP contribution in [0, 0.1) is 0 Å². The molecule has 0 radical (unpaired) electrons. The normalized spacial score (nSPS) is 10.4. The van der Waals surface area contributed by atoms with E-state index in [0.717, 1.165) is 19.6 Å². The van der Waals surface area contributed by atoms with Crippen molar-refractivity contribution in [3.05, 3.63) is 0 Å². The molecule has 0 aromatic rings. The number of aliphatic carboxylic acids is 1. The average Bonchev–Trinajstić information content (AvgIpc) is 2.73. The first-order valence-corrected chi connectivity index (χ1v) is 14.9. The van der Waals surface area contributed by atoms with Crippen molar-refractivity contribution in [1.82, 2.24) is 20.0 Å². The van der Waals surface area contributed by atoms with Crippen molar-refractivity contribution in [2.75, 3.05) is 80.1 Å². The Balaban J connectivity index is 0. The summed E-state index contributed by atoms with van der Waals surface area (Å²) in [6.45, 7) is 9.20. The standard InChI is InChI=1S/C13H27N3O4.C4H9NO2.CH2O2.CH3.Ga/c1-5-14(2)6-8-16(11-13(19)20-4)9-7-15(3)10-12(17)18;1-2-5-3-4(6)7;2-1-3;;/h5-11H2,1-4H3,(H,17,18);5H,2-3H2,1H3,(H,6,7);1H,(H,2,3);1H3;/q;;;;+2/p-2. The van der Waals surface area contributed by atoms with Gasteiger partial charge in [0, 0.05) is 26.2 Å². The number of carbonyl (C=O) groups excluding carboxylic acids is 3. The third-order valence-electron chi connectivity index (χ3n) is 4.19. The summed E-state index contributed by atoms with van der Waals surface area (Å²) < 4.78 is 14.0. The number of carbonyl (C=O) groups is 4. The van der Waals surface area contributed by atoms with Gasteiger partial charge in [-0.1, -0.05) is 6.92 Å². The van der Waals surface area contributed by atoms with Crippen molar-refractivity contribution in [1.29, 1.82) is 0 Å². The van der Waals surface area contributed by atoms with Gasteiger partial charge in [-0.05, 0) is 20.6 Å². The van der Waals surface area contributed by atoms with Gasteiger partial charge >= 0.3 is 88.8 Å². The Hall–Kier alpha value is -1.64. The third kappa shape index (κ3) is 21.6. The van der Waals surface area contributed by atoms with Crippen LogP contribution in [0.5, 0.6) is 0 Å². The van der Waals surface area contributed by atoms with Crippen molar-refractivity contribution >= 4 is 41.3 Å². The summed E-state index contributed by atoms with van der Waals surface area (Å²) >= 11 is -2.50. The molecule has 0 rings (SSSR count). The number of hydrogen-bond acceptors (Lipinski definition) is 11. The van der Waals surface area contributed by atoms with Crippen molar-refractivity contribution in [3.8, 4) is 0 Å². The van der Waals surface area contributed by atoms with E-state index in [1.165, 1.54) is 7.11 Å². The molecule has 0 fully saturated rings. The van der Waals surface area contributed by atoms with E-state index in [9.17, 15) is 19.2 Å². The van der Waals surface area contributed by atoms with E-state index in [1.807, 2.05) is 18.9 Å². The Morgan fingerprint density at radius 2 is 1.59 bits per heavy atom. The molecular weight excluding hydrogens is 482 g/mol. The fourth-order valence-corrected chi connectivity index (χ4v) is 3.57. The van der Waals surface area contributed by atoms with Gasteiger partial charge in [0.05, 0.1) is 20.2 Å². The molecule has 32 heavy (non-hydrogen) atoms. The zero-order chi connectivity index (χ0) is 24.9. The maximum absolute atomic E-state index is 11.4. The second kappa shape index (κ2) is 21.2. The minimum absolute atomic E-state index is 0.000920. The van der Waals surface area contributed by atoms with Crippen LogP contribution in [0.15, 0.2) is 0 Å². The van der Waals surface area contributed by atoms with E-state index >= 15 is 0 Å². The molecule has 13 heteroatoms. The number of carboxylic acids is 1. The second-order valence-electron chi connectivity index (χ2n) is 6.95. The first kappa shape index (κ1) is 32.5. The van der Waals surface area contributed by atoms with Crippen LogP contribution in [0.3, 0.4) is 0 Å². The van der Waals surface area contributed by atoms with Crippen LogP contribution in [-0.2, 0) is 31.0 Å². The van der Waals surface area contributed by atoms with E-state index in [2.05, 4.69) is 25.4 Å². The fraction of sp³-hybridized carbons (Fsp3) is 0.789. The van der Waals surface area contributed by atoms with Gasteiger partial charge in [-0.25, -0.2) is 0 Å². The van der Waals surface area contributed by atoms with Gasteiger partial charge in [0.1, 0.15) is 0 Å². The van der Waals surface area contributed by atoms with Crippen LogP contribution in [0.4, 0.5) is 0 Å². The van der Waals surface area contributed by atoms with Gasteiger partial charge in [0.25, 0.3) is 0 Å². The van der Waals surface area contributed by atoms with Gasteiger partial charge in [0.2, 0.25) is 0 Å². The molecule has 0 aliphatic heterocycles. The Labute approximate surface area is 197 Å². The topological polar surface area (TPSA) is 138 Å². The molecule has 186 valence electrons. The third-order valence-corrected chi connectivity index (χ3v) is 6.47. The van der Waals surface area contributed by atoms with Crippen LogP contribution in [0.1, 0.15) is 13.8 Å². The molecule has 2 N–H and O–H groups in total. The van der Waals surface area contributed by atoms with E-state index in [0.29, 0.717) is 26.1 Å². The SMILES string of the molecule is CCN(C)CCN(CCN(C)CC(=O)O)CC(=O)OC.CCNCC(=O)[O][Ga]([CH3])[O]C=O. The number of nitrogens with zero attached hydrogens (tertiary/aromatic N) is 3. The molecular formula is C19H39GaN4O8. The molecule has 0 aliphatic carbocycles. The predicted molar refractivity (Wildman–Crippen MR) is 120 cm³/mol. The van der Waals surface area contributed by atoms with Crippen molar-refractivity contribution < 1.29 is 36.1 Å². The van der Waals surface area contributed by atoms with Gasteiger partial charge in [-0.15, -0.1) is 0 Å². The molecule has 0 heterocycles. The molecule has 0 aromatic carbocycles. The number of ether oxygens (including phenoxy) is 1. The summed E-state index contributed by atoms with van der Waals surface area (Å²) in [4.78, 5) is 48.5. The van der Waals surface area contributed by atoms with Crippen molar-refractivity contribution in [2.45, 2.75) is 19.3 Å². The molecule has 0 saturated heterocycles. The summed E-state index contributed by atoms with van der Waals surface area (Å²) in [5, 5.41) is 11.5. The van der Waals surface area contributed by atoms with E-state index in [4.69, 9.17) is 8.64 Å². The number of nitrogens with one attached hydrogen (secondary N) is 1. The minimum atomic E-state index is -2.50. The summed E-state index contributed by atoms with van der Waals surface area (Å²) in [5.74, 6) is -1.48. The monoisotopic (exact) mass is 520 g/mol. The molecule has 12 nitrogen and oxygen atoms in total. The number of methoxy groups -OCH3 is 1. The molecule has 0 unspecified atom stereocenters. The quantitative estimate of drug-likeness (QED) is 0.136. The summed E-state index contributed by atoms with van der Waals surface area (Å²) in [6.07, 6.45) is 0. The van der Waals surface area contributed by atoms with Gasteiger partial charge in [-0.2, -0.15) is 0 Å². The molecule has 0 amide bonds. The first-order chi connectivity index (χ1) is 15.1. The van der Waals surface area contributed by atoms with Crippen molar-refractivity contribution in [3.63, 3.8) is 0 Å².